The van der Waals surface area contributed by atoms with Crippen molar-refractivity contribution in [1.82, 2.24) is 4.57 Å². The van der Waals surface area contributed by atoms with Gasteiger partial charge in [0.1, 0.15) is 16.5 Å². The summed E-state index contributed by atoms with van der Waals surface area (Å²) >= 11 is 13.6. The van der Waals surface area contributed by atoms with Gasteiger partial charge in [-0.15, -0.1) is 0 Å². The third kappa shape index (κ3) is 6.01. The fourth-order valence-corrected chi connectivity index (χ4v) is 6.81. The predicted octanol–water partition coefficient (Wildman–Crippen LogP) is 6.43. The molecule has 0 bridgehead atoms. The summed E-state index contributed by atoms with van der Waals surface area (Å²) in [6, 6.07) is 19.2. The van der Waals surface area contributed by atoms with Crippen molar-refractivity contribution in [2.45, 2.75) is 13.0 Å². The molecule has 244 valence electrons. The number of esters is 1. The average molecular weight is 707 g/mol. The highest BCUT2D eigenvalue weighted by Crippen LogP contribution is 2.39. The van der Waals surface area contributed by atoms with Crippen LogP contribution in [0.1, 0.15) is 29.9 Å². The zero-order chi connectivity index (χ0) is 34.1. The van der Waals surface area contributed by atoms with Gasteiger partial charge in [0.05, 0.1) is 52.6 Å². The van der Waals surface area contributed by atoms with Crippen LogP contribution in [-0.4, -0.2) is 36.3 Å². The molecular formula is C34H25Cl2N3O8S. The second-order valence-corrected chi connectivity index (χ2v) is 12.1. The van der Waals surface area contributed by atoms with Crippen molar-refractivity contribution in [1.29, 1.82) is 0 Å². The maximum absolute atomic E-state index is 14.2. The van der Waals surface area contributed by atoms with E-state index in [1.165, 1.54) is 24.9 Å². The number of nitro benzene ring substituents is 1. The number of ether oxygens (including phenoxy) is 3. The summed E-state index contributed by atoms with van der Waals surface area (Å²) in [7, 11) is 3.02. The highest BCUT2D eigenvalue weighted by atomic mass is 35.5. The molecule has 1 aliphatic rings. The lowest BCUT2D eigenvalue weighted by Crippen LogP contribution is -2.40. The molecule has 14 heteroatoms. The van der Waals surface area contributed by atoms with E-state index in [4.69, 9.17) is 46.8 Å². The quantitative estimate of drug-likeness (QED) is 0.0973. The number of furan rings is 1. The number of nitro groups is 1. The fourth-order valence-electron chi connectivity index (χ4n) is 5.35. The van der Waals surface area contributed by atoms with Crippen LogP contribution in [0, 0.1) is 10.1 Å². The molecule has 48 heavy (non-hydrogen) atoms. The summed E-state index contributed by atoms with van der Waals surface area (Å²) in [6.07, 6.45) is 1.55. The zero-order valence-electron chi connectivity index (χ0n) is 25.6. The molecule has 0 fully saturated rings. The van der Waals surface area contributed by atoms with E-state index in [2.05, 4.69) is 0 Å². The molecular weight excluding hydrogens is 681 g/mol. The normalized spacial score (nSPS) is 14.4. The molecule has 1 aliphatic heterocycles. The topological polar surface area (TPSA) is 135 Å². The van der Waals surface area contributed by atoms with E-state index in [9.17, 15) is 19.7 Å². The number of carbonyl (C=O) groups excluding carboxylic acids is 1. The fraction of sp³-hybridized carbons (Fsp3) is 0.147. The van der Waals surface area contributed by atoms with Crippen molar-refractivity contribution in [2.24, 2.45) is 4.99 Å². The first-order chi connectivity index (χ1) is 23.1. The van der Waals surface area contributed by atoms with Gasteiger partial charge in [0, 0.05) is 23.3 Å². The number of benzene rings is 3. The van der Waals surface area contributed by atoms with Gasteiger partial charge in [-0.05, 0) is 42.8 Å². The van der Waals surface area contributed by atoms with Crippen molar-refractivity contribution >= 4 is 58.0 Å². The molecule has 0 amide bonds. The molecule has 1 unspecified atom stereocenters. The number of methoxy groups -OCH3 is 2. The number of thiazole rings is 1. The number of aromatic nitrogens is 1. The Kier molecular flexibility index (Phi) is 9.22. The summed E-state index contributed by atoms with van der Waals surface area (Å²) in [4.78, 5) is 43.8. The Morgan fingerprint density at radius 2 is 1.79 bits per heavy atom. The number of nitrogens with zero attached hydrogens (tertiary/aromatic N) is 3. The van der Waals surface area contributed by atoms with E-state index in [0.29, 0.717) is 44.4 Å². The van der Waals surface area contributed by atoms with Crippen LogP contribution in [0.25, 0.3) is 23.1 Å². The molecule has 0 radical (unpaired) electrons. The van der Waals surface area contributed by atoms with E-state index in [0.717, 1.165) is 17.4 Å². The number of carbonyl (C=O) groups is 1. The lowest BCUT2D eigenvalue weighted by Gasteiger charge is -2.26. The van der Waals surface area contributed by atoms with Crippen molar-refractivity contribution < 1.29 is 28.3 Å². The average Bonchev–Trinajstić information content (AvgIpc) is 3.68. The molecule has 3 heterocycles. The molecule has 0 spiro atoms. The van der Waals surface area contributed by atoms with E-state index >= 15 is 0 Å². The van der Waals surface area contributed by atoms with Crippen molar-refractivity contribution in [3.8, 4) is 22.8 Å². The molecule has 0 saturated carbocycles. The summed E-state index contributed by atoms with van der Waals surface area (Å²) in [5.41, 5.74) is 1.36. The van der Waals surface area contributed by atoms with Crippen LogP contribution in [-0.2, 0) is 9.53 Å². The Hall–Kier alpha value is -5.17. The van der Waals surface area contributed by atoms with Gasteiger partial charge in [0.25, 0.3) is 11.2 Å². The van der Waals surface area contributed by atoms with Gasteiger partial charge in [0.15, 0.2) is 16.3 Å². The molecule has 3 aromatic carbocycles. The molecule has 0 saturated heterocycles. The second-order valence-electron chi connectivity index (χ2n) is 10.3. The number of halogens is 2. The zero-order valence-corrected chi connectivity index (χ0v) is 27.9. The largest absolute Gasteiger partial charge is 0.493 e. The summed E-state index contributed by atoms with van der Waals surface area (Å²) in [5, 5.41) is 11.2. The third-order valence-electron chi connectivity index (χ3n) is 7.50. The van der Waals surface area contributed by atoms with Gasteiger partial charge in [-0.2, -0.15) is 0 Å². The van der Waals surface area contributed by atoms with E-state index in [1.807, 2.05) is 30.3 Å². The smallest absolute Gasteiger partial charge is 0.338 e. The minimum atomic E-state index is -0.939. The van der Waals surface area contributed by atoms with Crippen molar-refractivity contribution in [3.05, 3.63) is 135 Å². The molecule has 1 atom stereocenters. The number of hydrogen-bond acceptors (Lipinski definition) is 10. The highest BCUT2D eigenvalue weighted by molar-refractivity contribution is 7.07. The standard InChI is InChI=1S/C34H25Cl2N3O8S/c1-4-46-33(41)29-30(18-8-6-5-7-9-18)37-34-38(31(29)19-10-12-26(44-2)27(14-19)45-3)32(40)28(48-34)15-20-11-13-25(47-20)21-16-23(36)24(39(42)43)17-22(21)35/h5-17,31H,4H2,1-3H3/b28-15+. The Balaban J connectivity index is 1.55. The molecule has 11 nitrogen and oxygen atoms in total. The van der Waals surface area contributed by atoms with Gasteiger partial charge in [0.2, 0.25) is 0 Å². The third-order valence-corrected chi connectivity index (χ3v) is 9.09. The minimum absolute atomic E-state index is 0.0706. The molecule has 0 N–H and O–H groups in total. The summed E-state index contributed by atoms with van der Waals surface area (Å²) < 4.78 is 24.2. The van der Waals surface area contributed by atoms with Gasteiger partial charge < -0.3 is 18.6 Å². The number of hydrogen-bond donors (Lipinski definition) is 0. The van der Waals surface area contributed by atoms with Gasteiger partial charge in [-0.1, -0.05) is 70.9 Å². The van der Waals surface area contributed by atoms with Gasteiger partial charge in [-0.3, -0.25) is 19.5 Å². The van der Waals surface area contributed by atoms with E-state index in [1.54, 1.807) is 43.3 Å². The Labute approximate surface area is 286 Å². The van der Waals surface area contributed by atoms with Crippen LogP contribution in [0.2, 0.25) is 10.0 Å². The predicted molar refractivity (Wildman–Crippen MR) is 181 cm³/mol. The van der Waals surface area contributed by atoms with Gasteiger partial charge >= 0.3 is 5.97 Å². The first-order valence-electron chi connectivity index (χ1n) is 14.4. The Morgan fingerprint density at radius 1 is 1.04 bits per heavy atom. The summed E-state index contributed by atoms with van der Waals surface area (Å²) in [6.45, 7) is 1.81. The van der Waals surface area contributed by atoms with E-state index < -0.39 is 22.5 Å². The van der Waals surface area contributed by atoms with Crippen molar-refractivity contribution in [2.75, 3.05) is 20.8 Å². The van der Waals surface area contributed by atoms with Crippen LogP contribution in [0.3, 0.4) is 0 Å². The monoisotopic (exact) mass is 705 g/mol. The van der Waals surface area contributed by atoms with Crippen LogP contribution in [0.4, 0.5) is 5.69 Å². The Morgan fingerprint density at radius 3 is 2.48 bits per heavy atom. The van der Waals surface area contributed by atoms with Crippen LogP contribution in [0.15, 0.2) is 92.6 Å². The molecule has 5 aromatic rings. The number of fused-ring (bicyclic) bond motifs is 1. The maximum Gasteiger partial charge on any atom is 0.338 e. The Bertz CT molecular complexity index is 2290. The van der Waals surface area contributed by atoms with Crippen LogP contribution < -0.4 is 24.4 Å². The van der Waals surface area contributed by atoms with E-state index in [-0.39, 0.29) is 38.2 Å². The molecule has 0 aliphatic carbocycles. The minimum Gasteiger partial charge on any atom is -0.493 e. The number of rotatable bonds is 9. The first-order valence-corrected chi connectivity index (χ1v) is 16.0. The lowest BCUT2D eigenvalue weighted by molar-refractivity contribution is -0.384. The SMILES string of the molecule is CCOC(=O)C1=C(c2ccccc2)N=c2s/c(=C/c3ccc(-c4cc(Cl)c([N+](=O)[O-])cc4Cl)o3)c(=O)n2C1c1ccc(OC)c(OC)c1. The van der Waals surface area contributed by atoms with Crippen LogP contribution in [0.5, 0.6) is 11.5 Å². The van der Waals surface area contributed by atoms with Gasteiger partial charge in [-0.25, -0.2) is 9.79 Å². The first kappa shape index (κ1) is 32.8. The summed E-state index contributed by atoms with van der Waals surface area (Å²) in [5.74, 6) is 0.850. The molecule has 2 aromatic heterocycles. The maximum atomic E-state index is 14.2. The lowest BCUT2D eigenvalue weighted by atomic mass is 9.93. The molecule has 6 rings (SSSR count). The second kappa shape index (κ2) is 13.5. The highest BCUT2D eigenvalue weighted by Gasteiger charge is 2.35. The van der Waals surface area contributed by atoms with Crippen LogP contribution >= 0.6 is 34.5 Å². The van der Waals surface area contributed by atoms with Crippen molar-refractivity contribution in [3.63, 3.8) is 0 Å².